The Hall–Kier alpha value is -2.01. The Morgan fingerprint density at radius 2 is 2.10 bits per heavy atom. The molecule has 1 amide bonds. The summed E-state index contributed by atoms with van der Waals surface area (Å²) in [6, 6.07) is 5.12. The van der Waals surface area contributed by atoms with E-state index in [1.807, 2.05) is 0 Å². The van der Waals surface area contributed by atoms with Gasteiger partial charge in [-0.15, -0.1) is 0 Å². The molecule has 1 N–H and O–H groups in total. The summed E-state index contributed by atoms with van der Waals surface area (Å²) in [6.45, 7) is 0.225. The van der Waals surface area contributed by atoms with E-state index >= 15 is 0 Å². The lowest BCUT2D eigenvalue weighted by atomic mass is 10.2. The van der Waals surface area contributed by atoms with Crippen molar-refractivity contribution in [3.05, 3.63) is 34.9 Å². The summed E-state index contributed by atoms with van der Waals surface area (Å²) in [5.74, 6) is -0.0604. The van der Waals surface area contributed by atoms with Crippen LogP contribution in [-0.2, 0) is 14.3 Å². The summed E-state index contributed by atoms with van der Waals surface area (Å²) in [7, 11) is 2.84. The number of amides is 1. The molecule has 0 atom stereocenters. The molecule has 0 bridgehead atoms. The van der Waals surface area contributed by atoms with Gasteiger partial charge in [0.05, 0.1) is 20.6 Å². The van der Waals surface area contributed by atoms with Gasteiger partial charge in [0.15, 0.2) is 0 Å². The van der Waals surface area contributed by atoms with Gasteiger partial charge in [0, 0.05) is 23.2 Å². The van der Waals surface area contributed by atoms with Crippen LogP contribution in [0, 0.1) is 0 Å². The second kappa shape index (κ2) is 8.22. The standard InChI is InChI=1S/C14H16ClNO4/c1-19-12-5-4-11(15)9-10(12)3-6-13(17)16-8-7-14(18)20-2/h3-6,9H,7-8H2,1-2H3,(H,16,17)/b6-3-. The van der Waals surface area contributed by atoms with Crippen LogP contribution in [0.25, 0.3) is 6.08 Å². The number of rotatable bonds is 6. The number of halogens is 1. The van der Waals surface area contributed by atoms with Gasteiger partial charge in [0.1, 0.15) is 5.75 Å². The predicted octanol–water partition coefficient (Wildman–Crippen LogP) is 2.04. The largest absolute Gasteiger partial charge is 0.496 e. The van der Waals surface area contributed by atoms with Crippen LogP contribution in [0.3, 0.4) is 0 Å². The van der Waals surface area contributed by atoms with Crippen LogP contribution < -0.4 is 10.1 Å². The predicted molar refractivity (Wildman–Crippen MR) is 76.7 cm³/mol. The van der Waals surface area contributed by atoms with Gasteiger partial charge < -0.3 is 14.8 Å². The van der Waals surface area contributed by atoms with E-state index in [9.17, 15) is 9.59 Å². The van der Waals surface area contributed by atoms with E-state index in [4.69, 9.17) is 16.3 Å². The average molecular weight is 298 g/mol. The van der Waals surface area contributed by atoms with Gasteiger partial charge in [0.25, 0.3) is 0 Å². The first-order valence-corrected chi connectivity index (χ1v) is 6.31. The number of carbonyl (C=O) groups is 2. The third-order valence-corrected chi connectivity index (χ3v) is 2.70. The van der Waals surface area contributed by atoms with Gasteiger partial charge in [-0.2, -0.15) is 0 Å². The lowest BCUT2D eigenvalue weighted by Gasteiger charge is -2.05. The molecule has 0 aliphatic heterocycles. The average Bonchev–Trinajstić information content (AvgIpc) is 2.45. The highest BCUT2D eigenvalue weighted by molar-refractivity contribution is 6.30. The van der Waals surface area contributed by atoms with Gasteiger partial charge in [-0.3, -0.25) is 9.59 Å². The lowest BCUT2D eigenvalue weighted by molar-refractivity contribution is -0.140. The van der Waals surface area contributed by atoms with E-state index in [1.165, 1.54) is 20.3 Å². The van der Waals surface area contributed by atoms with Crippen molar-refractivity contribution in [3.63, 3.8) is 0 Å². The molecule has 1 aromatic rings. The lowest BCUT2D eigenvalue weighted by Crippen LogP contribution is -2.24. The molecule has 108 valence electrons. The quantitative estimate of drug-likeness (QED) is 0.645. The number of hydrogen-bond acceptors (Lipinski definition) is 4. The summed E-state index contributed by atoms with van der Waals surface area (Å²) in [5, 5.41) is 3.12. The summed E-state index contributed by atoms with van der Waals surface area (Å²) >= 11 is 5.88. The molecule has 0 radical (unpaired) electrons. The van der Waals surface area contributed by atoms with Gasteiger partial charge in [0.2, 0.25) is 5.91 Å². The second-order valence-electron chi connectivity index (χ2n) is 3.84. The van der Waals surface area contributed by atoms with Crippen LogP contribution >= 0.6 is 11.6 Å². The van der Waals surface area contributed by atoms with Gasteiger partial charge in [-0.25, -0.2) is 0 Å². The zero-order valence-corrected chi connectivity index (χ0v) is 12.1. The number of carbonyl (C=O) groups excluding carboxylic acids is 2. The molecule has 1 aromatic carbocycles. The smallest absolute Gasteiger partial charge is 0.307 e. The summed E-state index contributed by atoms with van der Waals surface area (Å²) in [5.41, 5.74) is 0.697. The molecule has 0 fully saturated rings. The Balaban J connectivity index is 2.57. The Morgan fingerprint density at radius 1 is 1.35 bits per heavy atom. The minimum atomic E-state index is -0.370. The zero-order chi connectivity index (χ0) is 15.0. The molecule has 0 unspecified atom stereocenters. The maximum absolute atomic E-state index is 11.5. The minimum absolute atomic E-state index is 0.135. The van der Waals surface area contributed by atoms with E-state index in [0.717, 1.165) is 0 Å². The van der Waals surface area contributed by atoms with Crippen molar-refractivity contribution in [2.24, 2.45) is 0 Å². The van der Waals surface area contributed by atoms with Crippen LogP contribution in [0.5, 0.6) is 5.75 Å². The molecule has 0 aliphatic rings. The van der Waals surface area contributed by atoms with Crippen molar-refractivity contribution in [3.8, 4) is 5.75 Å². The molecule has 0 saturated carbocycles. The maximum Gasteiger partial charge on any atom is 0.307 e. The van der Waals surface area contributed by atoms with Crippen molar-refractivity contribution in [2.75, 3.05) is 20.8 Å². The van der Waals surface area contributed by atoms with Gasteiger partial charge in [-0.05, 0) is 24.3 Å². The molecule has 5 nitrogen and oxygen atoms in total. The Labute approximate surface area is 122 Å². The first-order chi connectivity index (χ1) is 9.56. The van der Waals surface area contributed by atoms with Crippen molar-refractivity contribution < 1.29 is 19.1 Å². The first-order valence-electron chi connectivity index (χ1n) is 5.93. The summed E-state index contributed by atoms with van der Waals surface area (Å²) in [6.07, 6.45) is 3.08. The van der Waals surface area contributed by atoms with Crippen LogP contribution in [-0.4, -0.2) is 32.6 Å². The molecule has 0 aromatic heterocycles. The molecule has 1 rings (SSSR count). The highest BCUT2D eigenvalue weighted by Crippen LogP contribution is 2.23. The van der Waals surface area contributed by atoms with Crippen molar-refractivity contribution in [2.45, 2.75) is 6.42 Å². The topological polar surface area (TPSA) is 64.6 Å². The molecule has 0 spiro atoms. The third kappa shape index (κ3) is 5.32. The Kier molecular flexibility index (Phi) is 6.59. The molecule has 20 heavy (non-hydrogen) atoms. The van der Waals surface area contributed by atoms with E-state index in [-0.39, 0.29) is 24.8 Å². The maximum atomic E-state index is 11.5. The van der Waals surface area contributed by atoms with E-state index in [2.05, 4.69) is 10.1 Å². The van der Waals surface area contributed by atoms with Crippen LogP contribution in [0.1, 0.15) is 12.0 Å². The van der Waals surface area contributed by atoms with E-state index < -0.39 is 0 Å². The summed E-state index contributed by atoms with van der Waals surface area (Å²) < 4.78 is 9.62. The molecule has 6 heteroatoms. The number of ether oxygens (including phenoxy) is 2. The monoisotopic (exact) mass is 297 g/mol. The first kappa shape index (κ1) is 16.0. The minimum Gasteiger partial charge on any atom is -0.496 e. The van der Waals surface area contributed by atoms with Gasteiger partial charge in [-0.1, -0.05) is 11.6 Å². The number of esters is 1. The molecular weight excluding hydrogens is 282 g/mol. The SMILES string of the molecule is COC(=O)CCNC(=O)/C=C\c1cc(Cl)ccc1OC. The Bertz CT molecular complexity index is 514. The van der Waals surface area contributed by atoms with Gasteiger partial charge >= 0.3 is 5.97 Å². The Morgan fingerprint density at radius 3 is 2.75 bits per heavy atom. The fourth-order valence-corrected chi connectivity index (χ4v) is 1.63. The third-order valence-electron chi connectivity index (χ3n) is 2.46. The van der Waals surface area contributed by atoms with Crippen LogP contribution in [0.4, 0.5) is 0 Å². The van der Waals surface area contributed by atoms with Crippen LogP contribution in [0.15, 0.2) is 24.3 Å². The van der Waals surface area contributed by atoms with Crippen molar-refractivity contribution >= 4 is 29.6 Å². The normalized spacial score (nSPS) is 10.3. The molecule has 0 heterocycles. The fraction of sp³-hybridized carbons (Fsp3) is 0.286. The molecular formula is C14H16ClNO4. The molecule has 0 saturated heterocycles. The second-order valence-corrected chi connectivity index (χ2v) is 4.27. The highest BCUT2D eigenvalue weighted by Gasteiger charge is 2.03. The number of hydrogen-bond donors (Lipinski definition) is 1. The van der Waals surface area contributed by atoms with Crippen molar-refractivity contribution in [1.29, 1.82) is 0 Å². The molecule has 0 aliphatic carbocycles. The number of benzene rings is 1. The highest BCUT2D eigenvalue weighted by atomic mass is 35.5. The van der Waals surface area contributed by atoms with E-state index in [1.54, 1.807) is 24.3 Å². The number of nitrogens with one attached hydrogen (secondary N) is 1. The fourth-order valence-electron chi connectivity index (χ4n) is 1.45. The van der Waals surface area contributed by atoms with Crippen molar-refractivity contribution in [1.82, 2.24) is 5.32 Å². The summed E-state index contributed by atoms with van der Waals surface area (Å²) in [4.78, 5) is 22.4. The zero-order valence-electron chi connectivity index (χ0n) is 11.3. The van der Waals surface area contributed by atoms with Crippen LogP contribution in [0.2, 0.25) is 5.02 Å². The number of methoxy groups -OCH3 is 2. The van der Waals surface area contributed by atoms with E-state index in [0.29, 0.717) is 16.3 Å².